The van der Waals surface area contributed by atoms with E-state index in [0.29, 0.717) is 11.0 Å². The van der Waals surface area contributed by atoms with Gasteiger partial charge in [0.2, 0.25) is 0 Å². The van der Waals surface area contributed by atoms with Gasteiger partial charge in [-0.25, -0.2) is 9.78 Å². The lowest BCUT2D eigenvalue weighted by Gasteiger charge is -2.03. The van der Waals surface area contributed by atoms with Crippen molar-refractivity contribution in [1.82, 2.24) is 9.97 Å². The summed E-state index contributed by atoms with van der Waals surface area (Å²) in [5, 5.41) is 30.4. The van der Waals surface area contributed by atoms with Crippen LogP contribution in [0.3, 0.4) is 0 Å². The van der Waals surface area contributed by atoms with E-state index in [-0.39, 0.29) is 22.6 Å². The molecule has 0 fully saturated rings. The van der Waals surface area contributed by atoms with Crippen molar-refractivity contribution in [2.75, 3.05) is 6.61 Å². The number of para-hydroxylation sites is 3. The summed E-state index contributed by atoms with van der Waals surface area (Å²) < 4.78 is 4.91. The van der Waals surface area contributed by atoms with Gasteiger partial charge in [0.25, 0.3) is 5.69 Å². The molecule has 0 spiro atoms. The van der Waals surface area contributed by atoms with Crippen LogP contribution in [0.5, 0.6) is 0 Å². The Morgan fingerprint density at radius 3 is 2.72 bits per heavy atom. The Bertz CT molecular complexity index is 1150. The maximum Gasteiger partial charge on any atom is 0.331 e. The Labute approximate surface area is 164 Å². The predicted molar refractivity (Wildman–Crippen MR) is 104 cm³/mol. The Hall–Kier alpha value is -4.45. The number of benzene rings is 2. The van der Waals surface area contributed by atoms with Crippen LogP contribution in [0.15, 0.2) is 60.4 Å². The van der Waals surface area contributed by atoms with E-state index in [1.165, 1.54) is 24.3 Å². The number of carbonyl (C=O) groups is 1. The Balaban J connectivity index is 1.71. The van der Waals surface area contributed by atoms with Crippen LogP contribution in [0, 0.1) is 21.4 Å². The number of ether oxygens (including phenoxy) is 1. The average molecular weight is 390 g/mol. The summed E-state index contributed by atoms with van der Waals surface area (Å²) in [5.41, 5.74) is 1.22. The largest absolute Gasteiger partial charge is 0.507 e. The fourth-order valence-corrected chi connectivity index (χ4v) is 2.54. The van der Waals surface area contributed by atoms with Crippen LogP contribution in [0.4, 0.5) is 5.69 Å². The topological polar surface area (TPSA) is 142 Å². The molecule has 9 nitrogen and oxygen atoms in total. The maximum absolute atomic E-state index is 11.9. The molecule has 29 heavy (non-hydrogen) atoms. The van der Waals surface area contributed by atoms with Gasteiger partial charge in [-0.1, -0.05) is 24.3 Å². The number of nitrogens with zero attached hydrogens (tertiary/aromatic N) is 3. The van der Waals surface area contributed by atoms with Crippen LogP contribution < -0.4 is 0 Å². The minimum Gasteiger partial charge on any atom is -0.507 e. The normalized spacial score (nSPS) is 11.8. The van der Waals surface area contributed by atoms with Crippen molar-refractivity contribution < 1.29 is 19.6 Å². The van der Waals surface area contributed by atoms with E-state index in [4.69, 9.17) is 4.74 Å². The molecule has 1 heterocycles. The number of aromatic amines is 1. The number of nitrogens with one attached hydrogen (secondary N) is 1. The van der Waals surface area contributed by atoms with Crippen molar-refractivity contribution in [3.8, 4) is 6.07 Å². The summed E-state index contributed by atoms with van der Waals surface area (Å²) >= 11 is 0. The summed E-state index contributed by atoms with van der Waals surface area (Å²) in [6, 6.07) is 14.8. The van der Waals surface area contributed by atoms with Crippen LogP contribution in [-0.2, 0) is 9.53 Å². The van der Waals surface area contributed by atoms with Crippen molar-refractivity contribution in [3.05, 3.63) is 81.9 Å². The quantitative estimate of drug-likeness (QED) is 0.164. The highest BCUT2D eigenvalue weighted by atomic mass is 16.6. The van der Waals surface area contributed by atoms with Crippen molar-refractivity contribution in [3.63, 3.8) is 0 Å². The standard InChI is InChI=1S/C20H14N4O5/c21-11-14(20-22-15-6-2-3-7-16(15)23-20)18(25)12-29-19(26)10-9-13-5-1-4-8-17(13)24(27)28/h1-10,25H,12H2,(H,22,23)/b10-9?,18-14-. The number of aromatic nitrogens is 2. The van der Waals surface area contributed by atoms with E-state index in [2.05, 4.69) is 9.97 Å². The molecular formula is C20H14N4O5. The lowest BCUT2D eigenvalue weighted by Crippen LogP contribution is -2.06. The molecule has 0 radical (unpaired) electrons. The van der Waals surface area contributed by atoms with E-state index >= 15 is 0 Å². The summed E-state index contributed by atoms with van der Waals surface area (Å²) in [6.07, 6.45) is 2.24. The molecule has 1 aromatic heterocycles. The van der Waals surface area contributed by atoms with Crippen molar-refractivity contribution >= 4 is 34.3 Å². The number of aliphatic hydroxyl groups is 1. The van der Waals surface area contributed by atoms with Gasteiger partial charge in [0.1, 0.15) is 18.2 Å². The lowest BCUT2D eigenvalue weighted by atomic mass is 10.1. The maximum atomic E-state index is 11.9. The van der Waals surface area contributed by atoms with Gasteiger partial charge in [0.15, 0.2) is 11.6 Å². The molecule has 0 amide bonds. The third-order valence-corrected chi connectivity index (χ3v) is 3.91. The third-order valence-electron chi connectivity index (χ3n) is 3.91. The zero-order valence-electron chi connectivity index (χ0n) is 14.9. The first-order chi connectivity index (χ1) is 14.0. The van der Waals surface area contributed by atoms with Crippen LogP contribution in [0.2, 0.25) is 0 Å². The molecule has 0 saturated carbocycles. The van der Waals surface area contributed by atoms with Gasteiger partial charge in [-0.05, 0) is 24.3 Å². The number of carbonyl (C=O) groups excluding carboxylic acids is 1. The van der Waals surface area contributed by atoms with Gasteiger partial charge in [0, 0.05) is 12.1 Å². The van der Waals surface area contributed by atoms with Gasteiger partial charge in [-0.3, -0.25) is 10.1 Å². The summed E-state index contributed by atoms with van der Waals surface area (Å²) in [4.78, 5) is 29.4. The Kier molecular flexibility index (Phi) is 5.66. The molecule has 9 heteroatoms. The summed E-state index contributed by atoms with van der Waals surface area (Å²) in [5.74, 6) is -1.16. The number of aliphatic hydroxyl groups excluding tert-OH is 1. The van der Waals surface area contributed by atoms with Gasteiger partial charge < -0.3 is 14.8 Å². The summed E-state index contributed by atoms with van der Waals surface area (Å²) in [7, 11) is 0. The minimum atomic E-state index is -0.836. The van der Waals surface area contributed by atoms with E-state index in [9.17, 15) is 25.3 Å². The molecule has 3 aromatic rings. The number of nitro benzene ring substituents is 1. The lowest BCUT2D eigenvalue weighted by molar-refractivity contribution is -0.385. The molecule has 0 saturated heterocycles. The smallest absolute Gasteiger partial charge is 0.331 e. The van der Waals surface area contributed by atoms with Crippen molar-refractivity contribution in [1.29, 1.82) is 5.26 Å². The van der Waals surface area contributed by atoms with E-state index in [1.807, 2.05) is 6.07 Å². The van der Waals surface area contributed by atoms with Crippen LogP contribution >= 0.6 is 0 Å². The molecule has 0 aliphatic carbocycles. The molecule has 0 bridgehead atoms. The average Bonchev–Trinajstić information content (AvgIpc) is 3.15. The number of hydrogen-bond acceptors (Lipinski definition) is 7. The molecule has 0 atom stereocenters. The summed E-state index contributed by atoms with van der Waals surface area (Å²) in [6.45, 7) is -0.556. The van der Waals surface area contributed by atoms with Crippen LogP contribution in [0.1, 0.15) is 11.4 Å². The second kappa shape index (κ2) is 8.49. The first-order valence-electron chi connectivity index (χ1n) is 8.35. The van der Waals surface area contributed by atoms with Gasteiger partial charge in [-0.15, -0.1) is 0 Å². The molecule has 2 N–H and O–H groups in total. The number of fused-ring (bicyclic) bond motifs is 1. The van der Waals surface area contributed by atoms with E-state index < -0.39 is 23.3 Å². The second-order valence-electron chi connectivity index (χ2n) is 5.79. The van der Waals surface area contributed by atoms with Gasteiger partial charge in [0.05, 0.1) is 21.5 Å². The Morgan fingerprint density at radius 2 is 2.00 bits per heavy atom. The first kappa shape index (κ1) is 19.3. The molecule has 3 rings (SSSR count). The molecule has 0 aliphatic rings. The monoisotopic (exact) mass is 390 g/mol. The van der Waals surface area contributed by atoms with Crippen LogP contribution in [-0.4, -0.2) is 32.6 Å². The number of allylic oxidation sites excluding steroid dienone is 1. The molecule has 144 valence electrons. The molecule has 0 aliphatic heterocycles. The first-order valence-corrected chi connectivity index (χ1v) is 8.35. The minimum absolute atomic E-state index is 0.151. The zero-order chi connectivity index (χ0) is 20.8. The number of imidazole rings is 1. The highest BCUT2D eigenvalue weighted by molar-refractivity contribution is 5.88. The number of nitriles is 1. The van der Waals surface area contributed by atoms with Crippen LogP contribution in [0.25, 0.3) is 22.7 Å². The third kappa shape index (κ3) is 4.45. The highest BCUT2D eigenvalue weighted by Crippen LogP contribution is 2.20. The second-order valence-corrected chi connectivity index (χ2v) is 5.79. The molecular weight excluding hydrogens is 376 g/mol. The van der Waals surface area contributed by atoms with Crippen molar-refractivity contribution in [2.45, 2.75) is 0 Å². The van der Waals surface area contributed by atoms with Gasteiger partial charge in [-0.2, -0.15) is 5.26 Å². The van der Waals surface area contributed by atoms with Gasteiger partial charge >= 0.3 is 5.97 Å². The zero-order valence-corrected chi connectivity index (χ0v) is 14.9. The van der Waals surface area contributed by atoms with E-state index in [0.717, 1.165) is 6.08 Å². The molecule has 0 unspecified atom stereocenters. The number of rotatable bonds is 6. The fraction of sp³-hybridized carbons (Fsp3) is 0.0500. The fourth-order valence-electron chi connectivity index (χ4n) is 2.54. The van der Waals surface area contributed by atoms with E-state index in [1.54, 1.807) is 30.3 Å². The molecule has 2 aromatic carbocycles. The number of hydrogen-bond donors (Lipinski definition) is 2. The number of H-pyrrole nitrogens is 1. The van der Waals surface area contributed by atoms with Crippen molar-refractivity contribution in [2.24, 2.45) is 0 Å². The predicted octanol–water partition coefficient (Wildman–Crippen LogP) is 3.52. The SMILES string of the molecule is N#C/C(=C(/O)COC(=O)C=Cc1ccccc1[N+](=O)[O-])c1nc2ccccc2[nH]1. The Morgan fingerprint density at radius 1 is 1.28 bits per heavy atom. The highest BCUT2D eigenvalue weighted by Gasteiger charge is 2.15. The number of nitro groups is 1. The number of esters is 1.